The maximum atomic E-state index is 12.0. The molecule has 8 heteroatoms. The van der Waals surface area contributed by atoms with Gasteiger partial charge in [0.2, 0.25) is 16.9 Å². The number of carbonyl (C=O) groups excluding carboxylic acids is 2. The van der Waals surface area contributed by atoms with Crippen LogP contribution in [0.5, 0.6) is 0 Å². The topological polar surface area (TPSA) is 88.9 Å². The number of carbonyl (C=O) groups is 2. The van der Waals surface area contributed by atoms with E-state index >= 15 is 0 Å². The normalized spacial score (nSPS) is 10.6. The summed E-state index contributed by atoms with van der Waals surface area (Å²) in [6, 6.07) is 7.44. The maximum absolute atomic E-state index is 12.0. The van der Waals surface area contributed by atoms with Gasteiger partial charge in [0.05, 0.1) is 11.2 Å². The zero-order chi connectivity index (χ0) is 15.5. The minimum Gasteiger partial charge on any atom is -0.338 e. The first kappa shape index (κ1) is 14.2. The molecule has 7 nitrogen and oxygen atoms in total. The summed E-state index contributed by atoms with van der Waals surface area (Å²) in [4.78, 5) is 23.2. The van der Waals surface area contributed by atoms with Crippen molar-refractivity contribution < 1.29 is 9.59 Å². The smallest absolute Gasteiger partial charge is 0.246 e. The van der Waals surface area contributed by atoms with E-state index in [4.69, 9.17) is 0 Å². The van der Waals surface area contributed by atoms with Gasteiger partial charge in [0.1, 0.15) is 12.1 Å². The number of amides is 2. The van der Waals surface area contributed by atoms with Gasteiger partial charge < -0.3 is 9.88 Å². The zero-order valence-corrected chi connectivity index (χ0v) is 12.6. The van der Waals surface area contributed by atoms with E-state index in [1.54, 1.807) is 5.51 Å². The van der Waals surface area contributed by atoms with Gasteiger partial charge in [-0.3, -0.25) is 14.9 Å². The number of hydrogen-bond acceptors (Lipinski definition) is 5. The fourth-order valence-electron chi connectivity index (χ4n) is 2.20. The van der Waals surface area contributed by atoms with Gasteiger partial charge in [0, 0.05) is 18.5 Å². The van der Waals surface area contributed by atoms with Crippen molar-refractivity contribution in [3.8, 4) is 0 Å². The molecule has 0 spiro atoms. The Hall–Kier alpha value is -2.74. The molecule has 0 bridgehead atoms. The van der Waals surface area contributed by atoms with Crippen LogP contribution in [-0.4, -0.2) is 26.6 Å². The summed E-state index contributed by atoms with van der Waals surface area (Å²) >= 11 is 1.27. The maximum Gasteiger partial charge on any atom is 0.246 e. The van der Waals surface area contributed by atoms with Crippen LogP contribution in [0, 0.1) is 0 Å². The molecule has 0 saturated carbocycles. The molecule has 3 rings (SSSR count). The molecule has 112 valence electrons. The summed E-state index contributed by atoms with van der Waals surface area (Å²) in [6.07, 6.45) is 1.82. The predicted molar refractivity (Wildman–Crippen MR) is 84.8 cm³/mol. The molecule has 0 aliphatic carbocycles. The van der Waals surface area contributed by atoms with Crippen molar-refractivity contribution in [2.45, 2.75) is 13.5 Å². The zero-order valence-electron chi connectivity index (χ0n) is 11.7. The van der Waals surface area contributed by atoms with Gasteiger partial charge >= 0.3 is 0 Å². The minimum absolute atomic E-state index is 0.130. The van der Waals surface area contributed by atoms with Gasteiger partial charge in [0.15, 0.2) is 0 Å². The lowest BCUT2D eigenvalue weighted by molar-refractivity contribution is -0.116. The summed E-state index contributed by atoms with van der Waals surface area (Å²) in [7, 11) is 0. The van der Waals surface area contributed by atoms with E-state index in [0.717, 1.165) is 16.6 Å². The molecule has 2 N–H and O–H groups in total. The monoisotopic (exact) mass is 315 g/mol. The molecule has 0 saturated heterocycles. The van der Waals surface area contributed by atoms with Crippen molar-refractivity contribution in [1.29, 1.82) is 0 Å². The van der Waals surface area contributed by atoms with Crippen molar-refractivity contribution >= 4 is 44.9 Å². The highest BCUT2D eigenvalue weighted by molar-refractivity contribution is 7.13. The lowest BCUT2D eigenvalue weighted by atomic mass is 10.2. The SMILES string of the molecule is CC(=O)Nc1cccc2c1ccn2CC(=O)Nc1nncs1. The van der Waals surface area contributed by atoms with Crippen LogP contribution in [0.25, 0.3) is 10.9 Å². The van der Waals surface area contributed by atoms with E-state index in [1.165, 1.54) is 18.3 Å². The van der Waals surface area contributed by atoms with Crippen molar-refractivity contribution in [3.63, 3.8) is 0 Å². The van der Waals surface area contributed by atoms with Crippen LogP contribution in [0.1, 0.15) is 6.92 Å². The molecule has 1 aromatic carbocycles. The van der Waals surface area contributed by atoms with Crippen LogP contribution in [-0.2, 0) is 16.1 Å². The third kappa shape index (κ3) is 2.96. The van der Waals surface area contributed by atoms with Gasteiger partial charge in [-0.25, -0.2) is 0 Å². The highest BCUT2D eigenvalue weighted by Crippen LogP contribution is 2.24. The van der Waals surface area contributed by atoms with Gasteiger partial charge in [-0.2, -0.15) is 0 Å². The summed E-state index contributed by atoms with van der Waals surface area (Å²) in [5.41, 5.74) is 3.16. The molecule has 2 heterocycles. The van der Waals surface area contributed by atoms with Crippen LogP contribution in [0.3, 0.4) is 0 Å². The Kier molecular flexibility index (Phi) is 3.84. The Morgan fingerprint density at radius 3 is 2.86 bits per heavy atom. The Labute approximate surface area is 130 Å². The third-order valence-electron chi connectivity index (χ3n) is 3.04. The molecule has 3 aromatic rings. The van der Waals surface area contributed by atoms with Crippen molar-refractivity contribution in [1.82, 2.24) is 14.8 Å². The summed E-state index contributed by atoms with van der Waals surface area (Å²) in [5, 5.41) is 14.3. The Morgan fingerprint density at radius 1 is 1.27 bits per heavy atom. The van der Waals surface area contributed by atoms with E-state index < -0.39 is 0 Å². The average molecular weight is 315 g/mol. The lowest BCUT2D eigenvalue weighted by Crippen LogP contribution is -2.18. The Balaban J connectivity index is 1.82. The average Bonchev–Trinajstić information content (AvgIpc) is 3.09. The molecule has 0 atom stereocenters. The number of nitrogens with zero attached hydrogens (tertiary/aromatic N) is 3. The van der Waals surface area contributed by atoms with Crippen molar-refractivity contribution in [3.05, 3.63) is 36.0 Å². The van der Waals surface area contributed by atoms with E-state index in [1.807, 2.05) is 35.0 Å². The molecule has 0 radical (unpaired) electrons. The second-order valence-electron chi connectivity index (χ2n) is 4.66. The van der Waals surface area contributed by atoms with E-state index in [2.05, 4.69) is 20.8 Å². The second kappa shape index (κ2) is 5.94. The van der Waals surface area contributed by atoms with Crippen molar-refractivity contribution in [2.24, 2.45) is 0 Å². The first-order valence-corrected chi connectivity index (χ1v) is 7.43. The molecule has 0 fully saturated rings. The molecular weight excluding hydrogens is 302 g/mol. The Morgan fingerprint density at radius 2 is 2.14 bits per heavy atom. The molecule has 0 aliphatic heterocycles. The number of hydrogen-bond donors (Lipinski definition) is 2. The fourth-order valence-corrected chi connectivity index (χ4v) is 2.66. The number of rotatable bonds is 4. The molecular formula is C14H13N5O2S. The number of benzene rings is 1. The number of aromatic nitrogens is 3. The van der Waals surface area contributed by atoms with Crippen molar-refractivity contribution in [2.75, 3.05) is 10.6 Å². The fraction of sp³-hybridized carbons (Fsp3) is 0.143. The third-order valence-corrected chi connectivity index (χ3v) is 3.65. The molecule has 0 unspecified atom stereocenters. The Bertz CT molecular complexity index is 825. The van der Waals surface area contributed by atoms with E-state index in [0.29, 0.717) is 5.13 Å². The van der Waals surface area contributed by atoms with Crippen LogP contribution >= 0.6 is 11.3 Å². The van der Waals surface area contributed by atoms with Crippen LogP contribution in [0.2, 0.25) is 0 Å². The first-order chi connectivity index (χ1) is 10.6. The van der Waals surface area contributed by atoms with E-state index in [-0.39, 0.29) is 18.4 Å². The van der Waals surface area contributed by atoms with Crippen LogP contribution in [0.4, 0.5) is 10.8 Å². The van der Waals surface area contributed by atoms with E-state index in [9.17, 15) is 9.59 Å². The quantitative estimate of drug-likeness (QED) is 0.771. The summed E-state index contributed by atoms with van der Waals surface area (Å²) < 4.78 is 1.82. The number of anilines is 2. The molecule has 2 aromatic heterocycles. The minimum atomic E-state index is -0.181. The lowest BCUT2D eigenvalue weighted by Gasteiger charge is -2.07. The summed E-state index contributed by atoms with van der Waals surface area (Å²) in [6.45, 7) is 1.62. The number of nitrogens with one attached hydrogen (secondary N) is 2. The van der Waals surface area contributed by atoms with Gasteiger partial charge in [-0.1, -0.05) is 17.4 Å². The first-order valence-electron chi connectivity index (χ1n) is 6.55. The van der Waals surface area contributed by atoms with Crippen LogP contribution in [0.15, 0.2) is 36.0 Å². The largest absolute Gasteiger partial charge is 0.338 e. The predicted octanol–water partition coefficient (Wildman–Crippen LogP) is 2.09. The molecule has 22 heavy (non-hydrogen) atoms. The van der Waals surface area contributed by atoms with Gasteiger partial charge in [0.25, 0.3) is 0 Å². The van der Waals surface area contributed by atoms with Gasteiger partial charge in [-0.15, -0.1) is 10.2 Å². The van der Waals surface area contributed by atoms with Gasteiger partial charge in [-0.05, 0) is 18.2 Å². The second-order valence-corrected chi connectivity index (χ2v) is 5.49. The summed E-state index contributed by atoms with van der Waals surface area (Å²) in [5.74, 6) is -0.312. The highest BCUT2D eigenvalue weighted by Gasteiger charge is 2.10. The molecule has 2 amide bonds. The standard InChI is InChI=1S/C14H13N5O2S/c1-9(20)16-11-3-2-4-12-10(11)5-6-19(12)7-13(21)17-14-18-15-8-22-14/h2-6,8H,7H2,1H3,(H,16,20)(H,17,18,21). The van der Waals surface area contributed by atoms with Crippen LogP contribution < -0.4 is 10.6 Å². The highest BCUT2D eigenvalue weighted by atomic mass is 32.1. The molecule has 0 aliphatic rings. The number of fused-ring (bicyclic) bond motifs is 1.